The van der Waals surface area contributed by atoms with E-state index in [-0.39, 0.29) is 5.92 Å². The van der Waals surface area contributed by atoms with E-state index < -0.39 is 33.3 Å². The van der Waals surface area contributed by atoms with E-state index in [0.717, 1.165) is 0 Å². The lowest BCUT2D eigenvalue weighted by atomic mass is 10.1. The highest BCUT2D eigenvalue weighted by Crippen LogP contribution is 2.64. The van der Waals surface area contributed by atoms with Crippen molar-refractivity contribution in [2.45, 2.75) is 29.8 Å². The summed E-state index contributed by atoms with van der Waals surface area (Å²) in [4.78, 5) is 12.9. The topological polar surface area (TPSA) is 68.5 Å². The van der Waals surface area contributed by atoms with E-state index in [2.05, 4.69) is 0 Å². The molecule has 1 unspecified atom stereocenters. The number of ether oxygens (including phenoxy) is 3. The van der Waals surface area contributed by atoms with Gasteiger partial charge < -0.3 is 14.2 Å². The minimum atomic E-state index is -1.69. The van der Waals surface area contributed by atoms with Crippen molar-refractivity contribution in [3.8, 4) is 17.6 Å². The highest BCUT2D eigenvalue weighted by molar-refractivity contribution is 6.68. The fourth-order valence-electron chi connectivity index (χ4n) is 3.90. The average Bonchev–Trinajstić information content (AvgIpc) is 3.27. The van der Waals surface area contributed by atoms with Gasteiger partial charge in [-0.15, -0.1) is 0 Å². The van der Waals surface area contributed by atoms with Gasteiger partial charge in [-0.2, -0.15) is 5.26 Å². The summed E-state index contributed by atoms with van der Waals surface area (Å²) in [6.45, 7) is 3.75. The highest BCUT2D eigenvalue weighted by Gasteiger charge is 2.69. The second-order valence-corrected chi connectivity index (χ2v) is 10.3. The number of rotatable bonds is 7. The second kappa shape index (κ2) is 9.26. The summed E-state index contributed by atoms with van der Waals surface area (Å²) in [6.07, 6.45) is -1.88. The van der Waals surface area contributed by atoms with E-state index >= 15 is 0 Å². The summed E-state index contributed by atoms with van der Waals surface area (Å²) in [7, 11) is 1.43. The molecule has 8 heteroatoms. The first kappa shape index (κ1) is 23.7. The Bertz CT molecular complexity index is 969. The van der Waals surface area contributed by atoms with E-state index in [1.54, 1.807) is 24.3 Å². The SMILES string of the molecule is CO[C@H]([C@H]1[C@@H](C(=O)OC(C#N)c2cccc(Oc3ccccc3)c2)C1(C)C)C(Cl)(Cl)Cl. The molecule has 0 N–H and O–H groups in total. The molecular formula is C23H22Cl3NO4. The molecule has 0 radical (unpaired) electrons. The number of halogens is 3. The predicted octanol–water partition coefficient (Wildman–Crippen LogP) is 6.24. The molecule has 0 amide bonds. The van der Waals surface area contributed by atoms with Gasteiger partial charge in [0.25, 0.3) is 0 Å². The largest absolute Gasteiger partial charge is 0.457 e. The summed E-state index contributed by atoms with van der Waals surface area (Å²) in [5.74, 6) is -0.269. The van der Waals surface area contributed by atoms with Crippen LogP contribution in [-0.2, 0) is 14.3 Å². The molecule has 0 aromatic heterocycles. The van der Waals surface area contributed by atoms with Crippen molar-refractivity contribution >= 4 is 40.8 Å². The Labute approximate surface area is 196 Å². The molecule has 1 aliphatic rings. The zero-order chi connectivity index (χ0) is 22.8. The smallest absolute Gasteiger partial charge is 0.311 e. The number of para-hydroxylation sites is 1. The predicted molar refractivity (Wildman–Crippen MR) is 119 cm³/mol. The van der Waals surface area contributed by atoms with Crippen LogP contribution in [0.15, 0.2) is 54.6 Å². The quantitative estimate of drug-likeness (QED) is 0.345. The summed E-state index contributed by atoms with van der Waals surface area (Å²) in [6, 6.07) is 18.1. The maximum atomic E-state index is 12.9. The van der Waals surface area contributed by atoms with Crippen LogP contribution in [0.3, 0.4) is 0 Å². The molecule has 0 saturated heterocycles. The Morgan fingerprint density at radius 1 is 1.10 bits per heavy atom. The first-order chi connectivity index (χ1) is 14.6. The third kappa shape index (κ3) is 5.27. The van der Waals surface area contributed by atoms with Gasteiger partial charge in [0.2, 0.25) is 9.90 Å². The van der Waals surface area contributed by atoms with Crippen LogP contribution in [-0.4, -0.2) is 23.0 Å². The molecule has 2 aromatic rings. The molecule has 0 spiro atoms. The number of methoxy groups -OCH3 is 1. The number of alkyl halides is 3. The van der Waals surface area contributed by atoms with Gasteiger partial charge >= 0.3 is 5.97 Å². The van der Waals surface area contributed by atoms with Gasteiger partial charge in [-0.3, -0.25) is 4.79 Å². The summed E-state index contributed by atoms with van der Waals surface area (Å²) < 4.78 is 15.0. The van der Waals surface area contributed by atoms with Crippen LogP contribution in [0.2, 0.25) is 0 Å². The monoisotopic (exact) mass is 481 g/mol. The van der Waals surface area contributed by atoms with Gasteiger partial charge in [0.05, 0.1) is 5.92 Å². The number of hydrogen-bond acceptors (Lipinski definition) is 5. The van der Waals surface area contributed by atoms with Gasteiger partial charge in [-0.25, -0.2) is 0 Å². The molecule has 1 fully saturated rings. The van der Waals surface area contributed by atoms with Gasteiger partial charge in [-0.1, -0.05) is 79.0 Å². The lowest BCUT2D eigenvalue weighted by Crippen LogP contribution is -2.32. The lowest BCUT2D eigenvalue weighted by Gasteiger charge is -2.24. The van der Waals surface area contributed by atoms with E-state index in [1.807, 2.05) is 50.2 Å². The van der Waals surface area contributed by atoms with E-state index in [9.17, 15) is 10.1 Å². The first-order valence-corrected chi connectivity index (χ1v) is 10.8. The molecule has 3 rings (SSSR count). The molecule has 31 heavy (non-hydrogen) atoms. The third-order valence-electron chi connectivity index (χ3n) is 5.56. The standard InChI is InChI=1S/C23H22Cl3NO4/c1-22(2)18(20(29-3)23(24,25)26)19(22)21(28)31-17(13-27)14-8-7-11-16(12-14)30-15-9-5-4-6-10-15/h4-12,17-20H,1-3H3/t17?,18-,19+,20-/m1/s1. The van der Waals surface area contributed by atoms with E-state index in [4.69, 9.17) is 49.0 Å². The summed E-state index contributed by atoms with van der Waals surface area (Å²) >= 11 is 18.1. The molecule has 5 nitrogen and oxygen atoms in total. The summed E-state index contributed by atoms with van der Waals surface area (Å²) in [5.41, 5.74) is 0.00362. The van der Waals surface area contributed by atoms with E-state index in [0.29, 0.717) is 17.1 Å². The molecule has 1 saturated carbocycles. The lowest BCUT2D eigenvalue weighted by molar-refractivity contribution is -0.150. The Morgan fingerprint density at radius 2 is 1.74 bits per heavy atom. The minimum absolute atomic E-state index is 0.357. The molecular weight excluding hydrogens is 461 g/mol. The van der Waals surface area contributed by atoms with Crippen LogP contribution in [0, 0.1) is 28.6 Å². The number of benzene rings is 2. The van der Waals surface area contributed by atoms with Gasteiger partial charge in [0, 0.05) is 18.6 Å². The van der Waals surface area contributed by atoms with Crippen molar-refractivity contribution in [1.29, 1.82) is 5.26 Å². The van der Waals surface area contributed by atoms with Gasteiger partial charge in [-0.05, 0) is 29.7 Å². The Morgan fingerprint density at radius 3 is 2.32 bits per heavy atom. The number of esters is 1. The molecule has 4 atom stereocenters. The fourth-order valence-corrected chi connectivity index (χ4v) is 4.58. The van der Waals surface area contributed by atoms with Crippen LogP contribution in [0.25, 0.3) is 0 Å². The average molecular weight is 483 g/mol. The zero-order valence-electron chi connectivity index (χ0n) is 17.2. The maximum Gasteiger partial charge on any atom is 0.311 e. The number of nitriles is 1. The molecule has 0 bridgehead atoms. The Kier molecular flexibility index (Phi) is 7.08. The van der Waals surface area contributed by atoms with Crippen LogP contribution in [0.5, 0.6) is 11.5 Å². The zero-order valence-corrected chi connectivity index (χ0v) is 19.5. The molecule has 0 aliphatic heterocycles. The molecule has 2 aromatic carbocycles. The minimum Gasteiger partial charge on any atom is -0.457 e. The van der Waals surface area contributed by atoms with Crippen molar-refractivity contribution in [2.75, 3.05) is 7.11 Å². The van der Waals surface area contributed by atoms with Crippen LogP contribution >= 0.6 is 34.8 Å². The fraction of sp³-hybridized carbons (Fsp3) is 0.391. The van der Waals surface area contributed by atoms with Gasteiger partial charge in [0.15, 0.2) is 0 Å². The van der Waals surface area contributed by atoms with Crippen LogP contribution in [0.1, 0.15) is 25.5 Å². The van der Waals surface area contributed by atoms with Crippen molar-refractivity contribution in [3.05, 3.63) is 60.2 Å². The Balaban J connectivity index is 1.74. The third-order valence-corrected chi connectivity index (χ3v) is 6.20. The number of hydrogen-bond donors (Lipinski definition) is 0. The summed E-state index contributed by atoms with van der Waals surface area (Å²) in [5, 5.41) is 9.64. The number of carbonyl (C=O) groups is 1. The van der Waals surface area contributed by atoms with Crippen molar-refractivity contribution in [1.82, 2.24) is 0 Å². The first-order valence-electron chi connectivity index (χ1n) is 9.62. The number of carbonyl (C=O) groups excluding carboxylic acids is 1. The highest BCUT2D eigenvalue weighted by atomic mass is 35.6. The normalized spacial score (nSPS) is 21.5. The van der Waals surface area contributed by atoms with Crippen LogP contribution < -0.4 is 4.74 Å². The molecule has 1 aliphatic carbocycles. The second-order valence-electron chi connectivity index (χ2n) is 7.96. The van der Waals surface area contributed by atoms with Gasteiger partial charge in [0.1, 0.15) is 23.7 Å². The molecule has 164 valence electrons. The number of nitrogens with zero attached hydrogens (tertiary/aromatic N) is 1. The Hall–Kier alpha value is -1.97. The maximum absolute atomic E-state index is 12.9. The van der Waals surface area contributed by atoms with E-state index in [1.165, 1.54) is 7.11 Å². The van der Waals surface area contributed by atoms with Crippen molar-refractivity contribution in [3.63, 3.8) is 0 Å². The van der Waals surface area contributed by atoms with Crippen LogP contribution in [0.4, 0.5) is 0 Å². The van der Waals surface area contributed by atoms with Crippen molar-refractivity contribution in [2.24, 2.45) is 17.3 Å². The van der Waals surface area contributed by atoms with Crippen molar-refractivity contribution < 1.29 is 19.0 Å². The molecule has 0 heterocycles.